The largest absolute Gasteiger partial charge is 0.289 e. The van der Waals surface area contributed by atoms with E-state index in [9.17, 15) is 4.79 Å². The summed E-state index contributed by atoms with van der Waals surface area (Å²) >= 11 is 12.6. The van der Waals surface area contributed by atoms with Crippen LogP contribution in [0.1, 0.15) is 15.9 Å². The summed E-state index contributed by atoms with van der Waals surface area (Å²) in [6.45, 7) is 0. The summed E-state index contributed by atoms with van der Waals surface area (Å²) in [6.07, 6.45) is 0. The monoisotopic (exact) mass is 372 g/mol. The fourth-order valence-corrected chi connectivity index (χ4v) is 2.97. The SMILES string of the molecule is O=C(c1cccc(Cl)c1)c1cc(Br)cc(Br)c1. The molecule has 0 aliphatic heterocycles. The number of carbonyl (C=O) groups is 1. The first-order valence-electron chi connectivity index (χ1n) is 4.82. The van der Waals surface area contributed by atoms with Crippen molar-refractivity contribution < 1.29 is 4.79 Å². The molecule has 0 fully saturated rings. The van der Waals surface area contributed by atoms with Gasteiger partial charge in [0.2, 0.25) is 0 Å². The van der Waals surface area contributed by atoms with E-state index in [0.29, 0.717) is 16.1 Å². The predicted octanol–water partition coefficient (Wildman–Crippen LogP) is 5.10. The summed E-state index contributed by atoms with van der Waals surface area (Å²) in [5, 5.41) is 0.560. The highest BCUT2D eigenvalue weighted by molar-refractivity contribution is 9.11. The summed E-state index contributed by atoms with van der Waals surface area (Å²) in [6, 6.07) is 12.4. The third kappa shape index (κ3) is 3.18. The van der Waals surface area contributed by atoms with Gasteiger partial charge in [-0.05, 0) is 30.3 Å². The van der Waals surface area contributed by atoms with Crippen LogP contribution in [0.5, 0.6) is 0 Å². The minimum absolute atomic E-state index is 0.0468. The van der Waals surface area contributed by atoms with Gasteiger partial charge in [0.25, 0.3) is 0 Å². The highest BCUT2D eigenvalue weighted by Gasteiger charge is 2.10. The molecule has 0 saturated carbocycles. The Morgan fingerprint density at radius 3 is 2.18 bits per heavy atom. The van der Waals surface area contributed by atoms with Gasteiger partial charge in [-0.2, -0.15) is 0 Å². The molecule has 0 aliphatic rings. The first-order chi connectivity index (χ1) is 8.06. The molecule has 0 atom stereocenters. The van der Waals surface area contributed by atoms with E-state index in [1.54, 1.807) is 36.4 Å². The minimum atomic E-state index is -0.0468. The van der Waals surface area contributed by atoms with Crippen molar-refractivity contribution in [1.82, 2.24) is 0 Å². The number of ketones is 1. The van der Waals surface area contributed by atoms with Crippen molar-refractivity contribution in [2.45, 2.75) is 0 Å². The molecule has 0 aliphatic carbocycles. The normalized spacial score (nSPS) is 10.3. The van der Waals surface area contributed by atoms with E-state index in [1.807, 2.05) is 6.07 Å². The Labute approximate surface area is 121 Å². The molecule has 0 saturated heterocycles. The van der Waals surface area contributed by atoms with Crippen LogP contribution in [-0.2, 0) is 0 Å². The maximum absolute atomic E-state index is 12.2. The van der Waals surface area contributed by atoms with Crippen molar-refractivity contribution in [3.63, 3.8) is 0 Å². The Balaban J connectivity index is 2.43. The molecule has 0 N–H and O–H groups in total. The molecular formula is C13H7Br2ClO. The molecular weight excluding hydrogens is 367 g/mol. The average molecular weight is 374 g/mol. The Morgan fingerprint density at radius 2 is 1.59 bits per heavy atom. The molecule has 0 aromatic heterocycles. The van der Waals surface area contributed by atoms with Gasteiger partial charge in [0, 0.05) is 25.1 Å². The fourth-order valence-electron chi connectivity index (χ4n) is 1.48. The van der Waals surface area contributed by atoms with Crippen LogP contribution in [0, 0.1) is 0 Å². The van der Waals surface area contributed by atoms with E-state index < -0.39 is 0 Å². The highest BCUT2D eigenvalue weighted by Crippen LogP contribution is 2.22. The van der Waals surface area contributed by atoms with Crippen LogP contribution in [0.3, 0.4) is 0 Å². The highest BCUT2D eigenvalue weighted by atomic mass is 79.9. The number of carbonyl (C=O) groups excluding carboxylic acids is 1. The molecule has 0 spiro atoms. The van der Waals surface area contributed by atoms with Gasteiger partial charge in [0.15, 0.2) is 5.78 Å². The van der Waals surface area contributed by atoms with Crippen molar-refractivity contribution in [3.05, 3.63) is 67.6 Å². The number of hydrogen-bond acceptors (Lipinski definition) is 1. The van der Waals surface area contributed by atoms with Crippen molar-refractivity contribution in [2.75, 3.05) is 0 Å². The van der Waals surface area contributed by atoms with Crippen LogP contribution in [-0.4, -0.2) is 5.78 Å². The molecule has 0 radical (unpaired) electrons. The third-order valence-electron chi connectivity index (χ3n) is 2.21. The molecule has 0 unspecified atom stereocenters. The van der Waals surface area contributed by atoms with Gasteiger partial charge in [0.05, 0.1) is 0 Å². The first kappa shape index (κ1) is 12.8. The number of rotatable bonds is 2. The van der Waals surface area contributed by atoms with Crippen molar-refractivity contribution in [1.29, 1.82) is 0 Å². The van der Waals surface area contributed by atoms with E-state index in [4.69, 9.17) is 11.6 Å². The average Bonchev–Trinajstić information content (AvgIpc) is 2.26. The maximum Gasteiger partial charge on any atom is 0.193 e. The predicted molar refractivity (Wildman–Crippen MR) is 76.7 cm³/mol. The van der Waals surface area contributed by atoms with Crippen LogP contribution in [0.2, 0.25) is 5.02 Å². The Hall–Kier alpha value is -0.640. The summed E-state index contributed by atoms with van der Waals surface area (Å²) in [5.74, 6) is -0.0468. The van der Waals surface area contributed by atoms with Crippen LogP contribution in [0.15, 0.2) is 51.4 Å². The second-order valence-electron chi connectivity index (χ2n) is 3.50. The lowest BCUT2D eigenvalue weighted by Crippen LogP contribution is -2.01. The van der Waals surface area contributed by atoms with Crippen LogP contribution < -0.4 is 0 Å². The van der Waals surface area contributed by atoms with Crippen LogP contribution in [0.4, 0.5) is 0 Å². The molecule has 4 heteroatoms. The van der Waals surface area contributed by atoms with Crippen molar-refractivity contribution >= 4 is 49.2 Å². The standard InChI is InChI=1S/C13H7Br2ClO/c14-10-4-9(5-11(15)7-10)13(17)8-2-1-3-12(16)6-8/h1-7H. The van der Waals surface area contributed by atoms with E-state index in [0.717, 1.165) is 8.95 Å². The second-order valence-corrected chi connectivity index (χ2v) is 5.77. The van der Waals surface area contributed by atoms with Gasteiger partial charge in [-0.25, -0.2) is 0 Å². The molecule has 17 heavy (non-hydrogen) atoms. The molecule has 2 aromatic rings. The smallest absolute Gasteiger partial charge is 0.193 e. The van der Waals surface area contributed by atoms with Gasteiger partial charge in [-0.3, -0.25) is 4.79 Å². The first-order valence-corrected chi connectivity index (χ1v) is 6.79. The molecule has 0 bridgehead atoms. The van der Waals surface area contributed by atoms with Gasteiger partial charge in [-0.15, -0.1) is 0 Å². The van der Waals surface area contributed by atoms with E-state index in [-0.39, 0.29) is 5.78 Å². The fraction of sp³-hybridized carbons (Fsp3) is 0. The minimum Gasteiger partial charge on any atom is -0.289 e. The van der Waals surface area contributed by atoms with E-state index in [1.165, 1.54) is 0 Å². The Bertz CT molecular complexity index is 561. The quantitative estimate of drug-likeness (QED) is 0.669. The number of halogens is 3. The Morgan fingerprint density at radius 1 is 0.941 bits per heavy atom. The van der Waals surface area contributed by atoms with E-state index >= 15 is 0 Å². The lowest BCUT2D eigenvalue weighted by Gasteiger charge is -2.03. The van der Waals surface area contributed by atoms with E-state index in [2.05, 4.69) is 31.9 Å². The Kier molecular flexibility index (Phi) is 4.02. The second kappa shape index (κ2) is 5.34. The number of hydrogen-bond donors (Lipinski definition) is 0. The molecule has 86 valence electrons. The topological polar surface area (TPSA) is 17.1 Å². The molecule has 0 heterocycles. The lowest BCUT2D eigenvalue weighted by atomic mass is 10.0. The van der Waals surface area contributed by atoms with Crippen molar-refractivity contribution in [3.8, 4) is 0 Å². The molecule has 0 amide bonds. The summed E-state index contributed by atoms with van der Waals surface area (Å²) in [7, 11) is 0. The number of benzene rings is 2. The molecule has 1 nitrogen and oxygen atoms in total. The van der Waals surface area contributed by atoms with Gasteiger partial charge < -0.3 is 0 Å². The van der Waals surface area contributed by atoms with Gasteiger partial charge in [0.1, 0.15) is 0 Å². The summed E-state index contributed by atoms with van der Waals surface area (Å²) in [5.41, 5.74) is 1.20. The summed E-state index contributed by atoms with van der Waals surface area (Å²) in [4.78, 5) is 12.2. The van der Waals surface area contributed by atoms with Crippen LogP contribution in [0.25, 0.3) is 0 Å². The van der Waals surface area contributed by atoms with Crippen LogP contribution >= 0.6 is 43.5 Å². The molecule has 2 rings (SSSR count). The zero-order valence-electron chi connectivity index (χ0n) is 8.58. The molecule has 2 aromatic carbocycles. The maximum atomic E-state index is 12.2. The van der Waals surface area contributed by atoms with Crippen molar-refractivity contribution in [2.24, 2.45) is 0 Å². The summed E-state index contributed by atoms with van der Waals surface area (Å²) < 4.78 is 1.72. The zero-order chi connectivity index (χ0) is 12.4. The third-order valence-corrected chi connectivity index (χ3v) is 3.36. The zero-order valence-corrected chi connectivity index (χ0v) is 12.5. The lowest BCUT2D eigenvalue weighted by molar-refractivity contribution is 0.103. The van der Waals surface area contributed by atoms with Gasteiger partial charge in [-0.1, -0.05) is 55.6 Å². The van der Waals surface area contributed by atoms with Gasteiger partial charge >= 0.3 is 0 Å².